The third kappa shape index (κ3) is 2.48. The van der Waals surface area contributed by atoms with Gasteiger partial charge in [-0.1, -0.05) is 22.9 Å². The van der Waals surface area contributed by atoms with E-state index in [1.807, 2.05) is 4.90 Å². The number of halogens is 2. The molecule has 0 amide bonds. The smallest absolute Gasteiger partial charge is 0.165 e. The molecule has 2 rings (SSSR count). The fourth-order valence-corrected chi connectivity index (χ4v) is 3.05. The molecular weight excluding hydrogens is 259 g/mol. The first-order chi connectivity index (χ1) is 7.16. The number of rotatable bonds is 1. The summed E-state index contributed by atoms with van der Waals surface area (Å²) in [7, 11) is 0. The van der Waals surface area contributed by atoms with E-state index < -0.39 is 0 Å². The number of pyridine rings is 1. The number of alkyl halides is 1. The lowest BCUT2D eigenvalue weighted by Gasteiger charge is -2.34. The predicted molar refractivity (Wildman–Crippen MR) is 62.9 cm³/mol. The van der Waals surface area contributed by atoms with Crippen LogP contribution >= 0.6 is 15.9 Å². The maximum Gasteiger partial charge on any atom is 0.165 e. The highest BCUT2D eigenvalue weighted by atomic mass is 79.9. The van der Waals surface area contributed by atoms with Gasteiger partial charge in [0.2, 0.25) is 0 Å². The van der Waals surface area contributed by atoms with Gasteiger partial charge in [-0.15, -0.1) is 0 Å². The molecule has 82 valence electrons. The van der Waals surface area contributed by atoms with Crippen molar-refractivity contribution in [3.63, 3.8) is 0 Å². The van der Waals surface area contributed by atoms with E-state index >= 15 is 0 Å². The summed E-state index contributed by atoms with van der Waals surface area (Å²) in [6, 6.07) is 3.09. The van der Waals surface area contributed by atoms with Crippen LogP contribution in [-0.4, -0.2) is 22.9 Å². The highest BCUT2D eigenvalue weighted by Crippen LogP contribution is 2.26. The Labute approximate surface area is 97.6 Å². The zero-order valence-corrected chi connectivity index (χ0v) is 10.2. The van der Waals surface area contributed by atoms with E-state index in [1.165, 1.54) is 6.07 Å². The lowest BCUT2D eigenvalue weighted by Crippen LogP contribution is -2.41. The monoisotopic (exact) mass is 272 g/mol. The fraction of sp³-hybridized carbons (Fsp3) is 0.545. The van der Waals surface area contributed by atoms with E-state index in [-0.39, 0.29) is 5.82 Å². The normalized spacial score (nSPS) is 26.7. The van der Waals surface area contributed by atoms with Crippen LogP contribution in [-0.2, 0) is 0 Å². The Hall–Kier alpha value is -0.640. The second-order valence-electron chi connectivity index (χ2n) is 4.15. The molecule has 2 nitrogen and oxygen atoms in total. The summed E-state index contributed by atoms with van der Waals surface area (Å²) in [6.07, 6.45) is 2.78. The van der Waals surface area contributed by atoms with Gasteiger partial charge in [0.15, 0.2) is 11.6 Å². The average molecular weight is 273 g/mol. The van der Waals surface area contributed by atoms with Crippen molar-refractivity contribution in [2.75, 3.05) is 18.0 Å². The van der Waals surface area contributed by atoms with Gasteiger partial charge in [-0.2, -0.15) is 0 Å². The predicted octanol–water partition coefficient (Wildman–Crippen LogP) is 2.83. The van der Waals surface area contributed by atoms with E-state index in [0.717, 1.165) is 19.5 Å². The van der Waals surface area contributed by atoms with Crippen molar-refractivity contribution in [3.8, 4) is 0 Å². The minimum Gasteiger partial charge on any atom is -0.353 e. The van der Waals surface area contributed by atoms with Gasteiger partial charge in [-0.05, 0) is 24.5 Å². The van der Waals surface area contributed by atoms with E-state index in [0.29, 0.717) is 16.6 Å². The van der Waals surface area contributed by atoms with E-state index in [2.05, 4.69) is 27.8 Å². The van der Waals surface area contributed by atoms with E-state index in [9.17, 15) is 4.39 Å². The number of hydrogen-bond acceptors (Lipinski definition) is 2. The lowest BCUT2D eigenvalue weighted by molar-refractivity contribution is 0.451. The van der Waals surface area contributed by atoms with Crippen LogP contribution in [0.25, 0.3) is 0 Å². The zero-order valence-electron chi connectivity index (χ0n) is 8.66. The van der Waals surface area contributed by atoms with Crippen LogP contribution in [0, 0.1) is 11.7 Å². The number of anilines is 1. The standard InChI is InChI=1S/C11H14BrFN2/c1-8-5-9(12)7-15(6-8)11-10(13)3-2-4-14-11/h2-4,8-9H,5-7H2,1H3. The second kappa shape index (κ2) is 4.47. The molecule has 0 aliphatic carbocycles. The number of nitrogens with zero attached hydrogens (tertiary/aromatic N) is 2. The summed E-state index contributed by atoms with van der Waals surface area (Å²) in [5, 5.41) is 0. The first-order valence-corrected chi connectivity index (χ1v) is 6.08. The van der Waals surface area contributed by atoms with Crippen LogP contribution in [0.2, 0.25) is 0 Å². The average Bonchev–Trinajstić information content (AvgIpc) is 2.16. The minimum atomic E-state index is -0.230. The van der Waals surface area contributed by atoms with Crippen LogP contribution in [0.1, 0.15) is 13.3 Å². The summed E-state index contributed by atoms with van der Waals surface area (Å²) in [6.45, 7) is 3.90. The highest BCUT2D eigenvalue weighted by Gasteiger charge is 2.25. The molecule has 0 bridgehead atoms. The molecule has 2 unspecified atom stereocenters. The molecule has 1 aromatic rings. The van der Waals surface area contributed by atoms with Crippen LogP contribution in [0.4, 0.5) is 10.2 Å². The third-order valence-corrected chi connectivity index (χ3v) is 3.31. The molecule has 2 atom stereocenters. The maximum atomic E-state index is 13.5. The lowest BCUT2D eigenvalue weighted by atomic mass is 10.0. The summed E-state index contributed by atoms with van der Waals surface area (Å²) >= 11 is 3.60. The van der Waals surface area contributed by atoms with Crippen LogP contribution in [0.15, 0.2) is 18.3 Å². The molecule has 1 aliphatic heterocycles. The molecule has 0 aromatic carbocycles. The second-order valence-corrected chi connectivity index (χ2v) is 5.45. The zero-order chi connectivity index (χ0) is 10.8. The molecule has 4 heteroatoms. The maximum absolute atomic E-state index is 13.5. The van der Waals surface area contributed by atoms with Crippen molar-refractivity contribution in [3.05, 3.63) is 24.1 Å². The Morgan fingerprint density at radius 3 is 3.00 bits per heavy atom. The van der Waals surface area contributed by atoms with Gasteiger partial charge in [0, 0.05) is 24.1 Å². The number of aromatic nitrogens is 1. The molecule has 0 N–H and O–H groups in total. The number of hydrogen-bond donors (Lipinski definition) is 0. The van der Waals surface area contributed by atoms with Crippen molar-refractivity contribution in [1.82, 2.24) is 4.98 Å². The molecule has 0 radical (unpaired) electrons. The Morgan fingerprint density at radius 2 is 2.33 bits per heavy atom. The highest BCUT2D eigenvalue weighted by molar-refractivity contribution is 9.09. The molecular formula is C11H14BrFN2. The molecule has 0 spiro atoms. The van der Waals surface area contributed by atoms with Gasteiger partial charge in [-0.25, -0.2) is 9.37 Å². The van der Waals surface area contributed by atoms with Crippen molar-refractivity contribution in [1.29, 1.82) is 0 Å². The van der Waals surface area contributed by atoms with Crippen molar-refractivity contribution < 1.29 is 4.39 Å². The first-order valence-electron chi connectivity index (χ1n) is 5.16. The van der Waals surface area contributed by atoms with Crippen LogP contribution in [0.3, 0.4) is 0 Å². The molecule has 1 fully saturated rings. The topological polar surface area (TPSA) is 16.1 Å². The van der Waals surface area contributed by atoms with Crippen molar-refractivity contribution in [2.24, 2.45) is 5.92 Å². The molecule has 1 aromatic heterocycles. The van der Waals surface area contributed by atoms with Crippen molar-refractivity contribution in [2.45, 2.75) is 18.2 Å². The van der Waals surface area contributed by atoms with Gasteiger partial charge < -0.3 is 4.90 Å². The third-order valence-electron chi connectivity index (χ3n) is 2.65. The Morgan fingerprint density at radius 1 is 1.53 bits per heavy atom. The summed E-state index contributed by atoms with van der Waals surface area (Å²) in [4.78, 5) is 6.55. The van der Waals surface area contributed by atoms with Gasteiger partial charge in [-0.3, -0.25) is 0 Å². The molecule has 1 saturated heterocycles. The fourth-order valence-electron chi connectivity index (χ4n) is 2.06. The summed E-state index contributed by atoms with van der Waals surface area (Å²) in [5.74, 6) is 0.823. The van der Waals surface area contributed by atoms with Gasteiger partial charge >= 0.3 is 0 Å². The van der Waals surface area contributed by atoms with E-state index in [4.69, 9.17) is 0 Å². The van der Waals surface area contributed by atoms with Crippen LogP contribution in [0.5, 0.6) is 0 Å². The SMILES string of the molecule is CC1CC(Br)CN(c2ncccc2F)C1. The van der Waals surface area contributed by atoms with Gasteiger partial charge in [0.25, 0.3) is 0 Å². The molecule has 1 aliphatic rings. The molecule has 0 saturated carbocycles. The Kier molecular flexibility index (Phi) is 3.24. The Balaban J connectivity index is 2.20. The quantitative estimate of drug-likeness (QED) is 0.731. The van der Waals surface area contributed by atoms with Crippen molar-refractivity contribution >= 4 is 21.7 Å². The van der Waals surface area contributed by atoms with Crippen LogP contribution < -0.4 is 4.90 Å². The Bertz CT molecular complexity index is 335. The summed E-state index contributed by atoms with van der Waals surface area (Å²) in [5.41, 5.74) is 0. The van der Waals surface area contributed by atoms with Gasteiger partial charge in [0.05, 0.1) is 0 Å². The first kappa shape index (κ1) is 10.9. The number of piperidine rings is 1. The van der Waals surface area contributed by atoms with Gasteiger partial charge in [0.1, 0.15) is 0 Å². The minimum absolute atomic E-state index is 0.230. The van der Waals surface area contributed by atoms with E-state index in [1.54, 1.807) is 12.3 Å². The summed E-state index contributed by atoms with van der Waals surface area (Å²) < 4.78 is 13.5. The molecule has 15 heavy (non-hydrogen) atoms. The molecule has 2 heterocycles. The largest absolute Gasteiger partial charge is 0.353 e.